The second kappa shape index (κ2) is 5.25. The van der Waals surface area contributed by atoms with Crippen molar-refractivity contribution in [1.29, 1.82) is 0 Å². The Morgan fingerprint density at radius 2 is 1.84 bits per heavy atom. The van der Waals surface area contributed by atoms with Crippen molar-refractivity contribution >= 4 is 9.84 Å². The number of sulfone groups is 1. The number of hydrogen-bond acceptors (Lipinski definition) is 3. The maximum Gasteiger partial charge on any atom is 0.175 e. The summed E-state index contributed by atoms with van der Waals surface area (Å²) in [4.78, 5) is 0.385. The lowest BCUT2D eigenvalue weighted by molar-refractivity contribution is 0.415. The third-order valence-corrected chi connectivity index (χ3v) is 5.43. The topological polar surface area (TPSA) is 46.2 Å². The fourth-order valence-corrected chi connectivity index (χ4v) is 2.95. The van der Waals surface area contributed by atoms with Crippen molar-refractivity contribution in [2.24, 2.45) is 5.41 Å². The Hall–Kier alpha value is -0.870. The SMILES string of the molecule is CCC1(CNC(C)c2ccc(S(C)(=O)=O)cc2)CC1. The van der Waals surface area contributed by atoms with Crippen LogP contribution in [0.25, 0.3) is 0 Å². The summed E-state index contributed by atoms with van der Waals surface area (Å²) in [6.45, 7) is 5.43. The molecule has 1 aliphatic rings. The average molecular weight is 281 g/mol. The third-order valence-electron chi connectivity index (χ3n) is 4.30. The van der Waals surface area contributed by atoms with Gasteiger partial charge in [0.05, 0.1) is 4.90 Å². The van der Waals surface area contributed by atoms with Gasteiger partial charge < -0.3 is 5.32 Å². The highest BCUT2D eigenvalue weighted by atomic mass is 32.2. The van der Waals surface area contributed by atoms with Gasteiger partial charge >= 0.3 is 0 Å². The summed E-state index contributed by atoms with van der Waals surface area (Å²) < 4.78 is 22.8. The number of hydrogen-bond donors (Lipinski definition) is 1. The van der Waals surface area contributed by atoms with E-state index in [0.717, 1.165) is 12.1 Å². The van der Waals surface area contributed by atoms with E-state index in [-0.39, 0.29) is 6.04 Å². The lowest BCUT2D eigenvalue weighted by Crippen LogP contribution is -2.26. The molecule has 3 nitrogen and oxygen atoms in total. The molecule has 0 amide bonds. The Labute approximate surface area is 116 Å². The van der Waals surface area contributed by atoms with E-state index in [1.165, 1.54) is 25.5 Å². The van der Waals surface area contributed by atoms with E-state index in [1.807, 2.05) is 12.1 Å². The van der Waals surface area contributed by atoms with Gasteiger partial charge in [-0.15, -0.1) is 0 Å². The molecule has 0 bridgehead atoms. The zero-order valence-corrected chi connectivity index (χ0v) is 12.8. The minimum Gasteiger partial charge on any atom is -0.310 e. The molecule has 0 aliphatic heterocycles. The Balaban J connectivity index is 1.98. The quantitative estimate of drug-likeness (QED) is 0.872. The van der Waals surface area contributed by atoms with E-state index in [1.54, 1.807) is 12.1 Å². The summed E-state index contributed by atoms with van der Waals surface area (Å²) in [7, 11) is -3.10. The maximum absolute atomic E-state index is 11.4. The van der Waals surface area contributed by atoms with Crippen LogP contribution < -0.4 is 5.32 Å². The van der Waals surface area contributed by atoms with Crippen LogP contribution in [0.15, 0.2) is 29.2 Å². The lowest BCUT2D eigenvalue weighted by Gasteiger charge is -2.19. The maximum atomic E-state index is 11.4. The number of benzene rings is 1. The molecule has 1 saturated carbocycles. The van der Waals surface area contributed by atoms with Crippen molar-refractivity contribution < 1.29 is 8.42 Å². The van der Waals surface area contributed by atoms with E-state index >= 15 is 0 Å². The van der Waals surface area contributed by atoms with Crippen molar-refractivity contribution in [2.75, 3.05) is 12.8 Å². The molecular formula is C15H23NO2S. The minimum absolute atomic E-state index is 0.262. The van der Waals surface area contributed by atoms with Crippen LogP contribution in [0.4, 0.5) is 0 Å². The summed E-state index contributed by atoms with van der Waals surface area (Å²) in [6, 6.07) is 7.45. The number of rotatable bonds is 6. The van der Waals surface area contributed by atoms with Crippen LogP contribution in [0, 0.1) is 5.41 Å². The Morgan fingerprint density at radius 1 is 1.26 bits per heavy atom. The van der Waals surface area contributed by atoms with E-state index in [9.17, 15) is 8.42 Å². The van der Waals surface area contributed by atoms with Gasteiger partial charge in [0.15, 0.2) is 9.84 Å². The van der Waals surface area contributed by atoms with E-state index in [4.69, 9.17) is 0 Å². The van der Waals surface area contributed by atoms with E-state index in [2.05, 4.69) is 19.2 Å². The fourth-order valence-electron chi connectivity index (χ4n) is 2.32. The highest BCUT2D eigenvalue weighted by molar-refractivity contribution is 7.90. The molecule has 0 radical (unpaired) electrons. The van der Waals surface area contributed by atoms with Crippen molar-refractivity contribution in [1.82, 2.24) is 5.32 Å². The molecule has 1 atom stereocenters. The molecule has 106 valence electrons. The van der Waals surface area contributed by atoms with Crippen LogP contribution in [0.1, 0.15) is 44.7 Å². The Bertz CT molecular complexity index is 530. The molecule has 1 N–H and O–H groups in total. The third kappa shape index (κ3) is 3.57. The van der Waals surface area contributed by atoms with Crippen LogP contribution in [0.3, 0.4) is 0 Å². The normalized spacial score (nSPS) is 19.1. The van der Waals surface area contributed by atoms with Gasteiger partial charge in [-0.2, -0.15) is 0 Å². The highest BCUT2D eigenvalue weighted by Crippen LogP contribution is 2.48. The van der Waals surface area contributed by atoms with Crippen molar-refractivity contribution in [3.05, 3.63) is 29.8 Å². The summed E-state index contributed by atoms with van der Waals surface area (Å²) >= 11 is 0. The minimum atomic E-state index is -3.10. The molecule has 0 heterocycles. The standard InChI is InChI=1S/C15H23NO2S/c1-4-15(9-10-15)11-16-12(2)13-5-7-14(8-6-13)19(3,17)18/h5-8,12,16H,4,9-11H2,1-3H3. The van der Waals surface area contributed by atoms with Crippen LogP contribution in [0.2, 0.25) is 0 Å². The second-order valence-corrected chi connectivity index (χ2v) is 7.81. The predicted octanol–water partition coefficient (Wildman–Crippen LogP) is 2.93. The first-order valence-electron chi connectivity index (χ1n) is 6.90. The molecule has 1 aliphatic carbocycles. The van der Waals surface area contributed by atoms with Gasteiger partial charge in [0.2, 0.25) is 0 Å². The molecule has 1 fully saturated rings. The summed E-state index contributed by atoms with van der Waals surface area (Å²) in [5, 5.41) is 3.56. The zero-order chi connectivity index (χ0) is 14.1. The first-order chi connectivity index (χ1) is 8.86. The lowest BCUT2D eigenvalue weighted by atomic mass is 10.0. The van der Waals surface area contributed by atoms with Gasteiger partial charge in [0.1, 0.15) is 0 Å². The monoisotopic (exact) mass is 281 g/mol. The van der Waals surface area contributed by atoms with Crippen LogP contribution in [-0.2, 0) is 9.84 Å². The number of nitrogens with one attached hydrogen (secondary N) is 1. The Kier molecular flexibility index (Phi) is 4.02. The van der Waals surface area contributed by atoms with Crippen LogP contribution >= 0.6 is 0 Å². The van der Waals surface area contributed by atoms with Gasteiger partial charge in [-0.05, 0) is 49.3 Å². The smallest absolute Gasteiger partial charge is 0.175 e. The predicted molar refractivity (Wildman–Crippen MR) is 77.9 cm³/mol. The van der Waals surface area contributed by atoms with Gasteiger partial charge in [-0.3, -0.25) is 0 Å². The first-order valence-corrected chi connectivity index (χ1v) is 8.79. The molecule has 19 heavy (non-hydrogen) atoms. The van der Waals surface area contributed by atoms with E-state index in [0.29, 0.717) is 10.3 Å². The Morgan fingerprint density at radius 3 is 2.26 bits per heavy atom. The molecule has 4 heteroatoms. The molecule has 0 aromatic heterocycles. The van der Waals surface area contributed by atoms with Crippen LogP contribution in [0.5, 0.6) is 0 Å². The average Bonchev–Trinajstić information content (AvgIpc) is 3.16. The van der Waals surface area contributed by atoms with Crippen LogP contribution in [-0.4, -0.2) is 21.2 Å². The largest absolute Gasteiger partial charge is 0.310 e. The highest BCUT2D eigenvalue weighted by Gasteiger charge is 2.40. The summed E-state index contributed by atoms with van der Waals surface area (Å²) in [5.74, 6) is 0. The van der Waals surface area contributed by atoms with Gasteiger partial charge in [-0.25, -0.2) is 8.42 Å². The molecule has 2 rings (SSSR count). The van der Waals surface area contributed by atoms with Gasteiger partial charge in [0, 0.05) is 18.8 Å². The van der Waals surface area contributed by atoms with Gasteiger partial charge in [-0.1, -0.05) is 19.1 Å². The fraction of sp³-hybridized carbons (Fsp3) is 0.600. The molecule has 1 aromatic carbocycles. The summed E-state index contributed by atoms with van der Waals surface area (Å²) in [5.41, 5.74) is 1.67. The molecule has 0 spiro atoms. The summed E-state index contributed by atoms with van der Waals surface area (Å²) in [6.07, 6.45) is 5.13. The van der Waals surface area contributed by atoms with Crippen molar-refractivity contribution in [3.63, 3.8) is 0 Å². The molecule has 0 saturated heterocycles. The molecule has 1 unspecified atom stereocenters. The van der Waals surface area contributed by atoms with E-state index < -0.39 is 9.84 Å². The first kappa shape index (κ1) is 14.5. The molecular weight excluding hydrogens is 258 g/mol. The second-order valence-electron chi connectivity index (χ2n) is 5.80. The van der Waals surface area contributed by atoms with Gasteiger partial charge in [0.25, 0.3) is 0 Å². The molecule has 1 aromatic rings. The van der Waals surface area contributed by atoms with Crippen molar-refractivity contribution in [3.8, 4) is 0 Å². The van der Waals surface area contributed by atoms with Crippen molar-refractivity contribution in [2.45, 2.75) is 44.0 Å². The zero-order valence-electron chi connectivity index (χ0n) is 11.9.